The first-order valence-corrected chi connectivity index (χ1v) is 12.3. The molecular formula is C33H24F2IrN5. The van der Waals surface area contributed by atoms with Crippen molar-refractivity contribution in [3.8, 4) is 28.6 Å². The fraction of sp³-hybridized carbons (Fsp3) is 0.0606. The molecule has 3 heterocycles. The van der Waals surface area contributed by atoms with Crippen molar-refractivity contribution in [2.24, 2.45) is 0 Å². The molecule has 3 aromatic carbocycles. The van der Waals surface area contributed by atoms with Gasteiger partial charge in [0.05, 0.1) is 11.4 Å². The molecule has 0 bridgehead atoms. The maximum absolute atomic E-state index is 13.2. The van der Waals surface area contributed by atoms with E-state index in [-0.39, 0.29) is 25.7 Å². The zero-order valence-electron chi connectivity index (χ0n) is 22.2. The number of nitrogens with zero attached hydrogens (tertiary/aromatic N) is 5. The summed E-state index contributed by atoms with van der Waals surface area (Å²) in [5.41, 5.74) is 5.26. The minimum absolute atomic E-state index is 0. The second kappa shape index (κ2) is 15.2. The van der Waals surface area contributed by atoms with Gasteiger partial charge >= 0.3 is 20.1 Å². The van der Waals surface area contributed by atoms with E-state index in [9.17, 15) is 8.78 Å². The monoisotopic (exact) mass is 721 g/mol. The predicted molar refractivity (Wildman–Crippen MR) is 150 cm³/mol. The molecule has 0 aliphatic rings. The summed E-state index contributed by atoms with van der Waals surface area (Å²) in [6.45, 7) is 3.94. The van der Waals surface area contributed by atoms with Crippen LogP contribution in [0.5, 0.6) is 0 Å². The standard InChI is InChI=1S/C14H13N4.C11H6F2N.C8H5.Ir/c1-11-6-8-17(15-11)13-4-3-5-14(10-13)18-9-7-12(2)16-18;12-8-4-5-9(10(13)7-8)11-3-1-2-6-14-11;1-2-8-6-4-3-5-7-8;/h3-9H,1-2H3;1-4,6-7H;3-7H;/q3*-1;+3. The molecular weight excluding hydrogens is 697 g/mol. The molecule has 0 spiro atoms. The summed E-state index contributed by atoms with van der Waals surface area (Å²) in [6.07, 6.45) is 12.1. The zero-order valence-corrected chi connectivity index (χ0v) is 24.6. The van der Waals surface area contributed by atoms with Gasteiger partial charge in [0.15, 0.2) is 0 Å². The van der Waals surface area contributed by atoms with E-state index >= 15 is 0 Å². The molecule has 6 aromatic rings. The van der Waals surface area contributed by atoms with Crippen LogP contribution in [0.4, 0.5) is 8.78 Å². The molecule has 0 fully saturated rings. The third kappa shape index (κ3) is 8.90. The maximum atomic E-state index is 13.2. The first-order valence-electron chi connectivity index (χ1n) is 12.3. The van der Waals surface area contributed by atoms with Gasteiger partial charge < -0.3 is 11.4 Å². The van der Waals surface area contributed by atoms with Crippen molar-refractivity contribution >= 4 is 0 Å². The number of aromatic nitrogens is 5. The molecule has 0 amide bonds. The second-order valence-electron chi connectivity index (χ2n) is 8.47. The number of aryl methyl sites for hydroxylation is 2. The molecule has 3 aromatic heterocycles. The Hall–Kier alpha value is -4.70. The molecule has 0 saturated heterocycles. The summed E-state index contributed by atoms with van der Waals surface area (Å²) in [5.74, 6) is 0.991. The van der Waals surface area contributed by atoms with Gasteiger partial charge in [0.2, 0.25) is 0 Å². The summed E-state index contributed by atoms with van der Waals surface area (Å²) >= 11 is 0. The molecule has 0 aliphatic heterocycles. The fourth-order valence-corrected chi connectivity index (χ4v) is 3.48. The molecule has 41 heavy (non-hydrogen) atoms. The van der Waals surface area contributed by atoms with Crippen LogP contribution in [0, 0.1) is 50.0 Å². The van der Waals surface area contributed by atoms with Crippen molar-refractivity contribution in [3.05, 3.63) is 157 Å². The summed E-state index contributed by atoms with van der Waals surface area (Å²) in [5, 5.41) is 8.75. The van der Waals surface area contributed by atoms with Crippen molar-refractivity contribution in [3.63, 3.8) is 0 Å². The normalized spacial score (nSPS) is 9.73. The van der Waals surface area contributed by atoms with Crippen LogP contribution in [0.1, 0.15) is 17.0 Å². The Morgan fingerprint density at radius 2 is 1.39 bits per heavy atom. The molecule has 0 aliphatic carbocycles. The summed E-state index contributed by atoms with van der Waals surface area (Å²) in [6, 6.07) is 32.1. The van der Waals surface area contributed by atoms with Crippen LogP contribution < -0.4 is 0 Å². The third-order valence-electron chi connectivity index (χ3n) is 5.40. The van der Waals surface area contributed by atoms with Crippen molar-refractivity contribution in [1.29, 1.82) is 0 Å². The van der Waals surface area contributed by atoms with Gasteiger partial charge in [-0.15, -0.1) is 48.0 Å². The third-order valence-corrected chi connectivity index (χ3v) is 5.40. The molecule has 6 rings (SSSR count). The molecule has 8 heteroatoms. The van der Waals surface area contributed by atoms with Crippen LogP contribution in [-0.4, -0.2) is 24.5 Å². The number of hydrogen-bond donors (Lipinski definition) is 0. The van der Waals surface area contributed by atoms with E-state index in [2.05, 4.69) is 33.2 Å². The van der Waals surface area contributed by atoms with Crippen molar-refractivity contribution in [2.75, 3.05) is 0 Å². The van der Waals surface area contributed by atoms with Gasteiger partial charge in [-0.3, -0.25) is 24.1 Å². The predicted octanol–water partition coefficient (Wildman–Crippen LogP) is 6.92. The van der Waals surface area contributed by atoms with Gasteiger partial charge in [-0.2, -0.15) is 16.3 Å². The Balaban J connectivity index is 0.000000179. The Labute approximate surface area is 251 Å². The van der Waals surface area contributed by atoms with Crippen LogP contribution in [-0.2, 0) is 20.1 Å². The van der Waals surface area contributed by atoms with Crippen molar-refractivity contribution in [2.45, 2.75) is 13.8 Å². The first-order chi connectivity index (χ1) is 19.4. The van der Waals surface area contributed by atoms with Gasteiger partial charge in [-0.25, -0.2) is 0 Å². The Bertz CT molecular complexity index is 1650. The zero-order chi connectivity index (χ0) is 28.3. The molecule has 0 N–H and O–H groups in total. The second-order valence-corrected chi connectivity index (χ2v) is 8.47. The van der Waals surface area contributed by atoms with Gasteiger partial charge in [0, 0.05) is 30.2 Å². The van der Waals surface area contributed by atoms with E-state index in [1.54, 1.807) is 24.4 Å². The minimum Gasteiger partial charge on any atom is -0.366 e. The average Bonchev–Trinajstić information content (AvgIpc) is 3.63. The topological polar surface area (TPSA) is 48.5 Å². The first kappa shape index (κ1) is 30.8. The van der Waals surface area contributed by atoms with Gasteiger partial charge in [0.1, 0.15) is 0 Å². The minimum atomic E-state index is -0.649. The number of halogens is 2. The molecule has 0 radical (unpaired) electrons. The van der Waals surface area contributed by atoms with Crippen LogP contribution in [0.15, 0.2) is 110 Å². The van der Waals surface area contributed by atoms with Crippen LogP contribution in [0.25, 0.3) is 22.6 Å². The molecule has 0 unspecified atom stereocenters. The van der Waals surface area contributed by atoms with E-state index in [0.717, 1.165) is 40.5 Å². The summed E-state index contributed by atoms with van der Waals surface area (Å²) in [4.78, 5) is 3.95. The van der Waals surface area contributed by atoms with E-state index in [1.807, 2.05) is 96.3 Å². The Morgan fingerprint density at radius 1 is 0.780 bits per heavy atom. The van der Waals surface area contributed by atoms with Crippen LogP contribution >= 0.6 is 0 Å². The SMILES string of the molecule is Cc1ccn(-c2[c-]c(-n3ccc(C)n3)ccc2)n1.Fc1c[c-]c(-c2ccccn2)c(F)c1.[C-]#Cc1ccccc1.[Ir+3]. The molecule has 5 nitrogen and oxygen atoms in total. The molecule has 0 saturated carbocycles. The van der Waals surface area contributed by atoms with E-state index in [1.165, 1.54) is 0 Å². The van der Waals surface area contributed by atoms with E-state index in [4.69, 9.17) is 6.42 Å². The quantitative estimate of drug-likeness (QED) is 0.147. The number of rotatable bonds is 3. The van der Waals surface area contributed by atoms with Gasteiger partial charge in [-0.05, 0) is 49.1 Å². The summed E-state index contributed by atoms with van der Waals surface area (Å²) in [7, 11) is 0. The number of benzene rings is 3. The number of pyridine rings is 1. The van der Waals surface area contributed by atoms with Crippen molar-refractivity contribution < 1.29 is 28.9 Å². The number of hydrogen-bond acceptors (Lipinski definition) is 3. The van der Waals surface area contributed by atoms with Gasteiger partial charge in [-0.1, -0.05) is 42.0 Å². The van der Waals surface area contributed by atoms with Crippen molar-refractivity contribution in [1.82, 2.24) is 24.5 Å². The maximum Gasteiger partial charge on any atom is 3.00 e. The Morgan fingerprint density at radius 3 is 1.85 bits per heavy atom. The molecule has 0 atom stereocenters. The smallest absolute Gasteiger partial charge is 0.366 e. The van der Waals surface area contributed by atoms with E-state index in [0.29, 0.717) is 5.69 Å². The fourth-order valence-electron chi connectivity index (χ4n) is 3.48. The molecule has 204 valence electrons. The summed E-state index contributed by atoms with van der Waals surface area (Å²) < 4.78 is 29.4. The van der Waals surface area contributed by atoms with Crippen LogP contribution in [0.2, 0.25) is 0 Å². The Kier molecular flexibility index (Phi) is 11.4. The van der Waals surface area contributed by atoms with Crippen LogP contribution in [0.3, 0.4) is 0 Å². The largest absolute Gasteiger partial charge is 3.00 e. The van der Waals surface area contributed by atoms with E-state index < -0.39 is 11.6 Å². The average molecular weight is 721 g/mol. The van der Waals surface area contributed by atoms with Gasteiger partial charge in [0.25, 0.3) is 0 Å².